The number of nitrogens with one attached hydrogen (secondary N) is 1. The molecule has 2 aromatic carbocycles. The number of amides is 1. The van der Waals surface area contributed by atoms with Crippen LogP contribution >= 0.6 is 0 Å². The zero-order chi connectivity index (χ0) is 14.4. The van der Waals surface area contributed by atoms with Crippen LogP contribution in [0.5, 0.6) is 5.75 Å². The molecule has 0 saturated heterocycles. The Bertz CT molecular complexity index is 579. The number of benzene rings is 2. The van der Waals surface area contributed by atoms with Crippen molar-refractivity contribution in [3.05, 3.63) is 59.7 Å². The molecule has 0 spiro atoms. The highest BCUT2D eigenvalue weighted by molar-refractivity contribution is 6.05. The molecule has 0 aliphatic heterocycles. The third kappa shape index (κ3) is 3.59. The second-order valence-electron chi connectivity index (χ2n) is 4.45. The van der Waals surface area contributed by atoms with Gasteiger partial charge in [-0.3, -0.25) is 4.79 Å². The van der Waals surface area contributed by atoms with Crippen molar-refractivity contribution in [2.24, 2.45) is 5.73 Å². The molecule has 0 fully saturated rings. The summed E-state index contributed by atoms with van der Waals surface area (Å²) in [5.74, 6) is 0.465. The highest BCUT2D eigenvalue weighted by Gasteiger charge is 2.09. The Balaban J connectivity index is 2.13. The van der Waals surface area contributed by atoms with Gasteiger partial charge in [0.25, 0.3) is 5.91 Å². The summed E-state index contributed by atoms with van der Waals surface area (Å²) in [6.07, 6.45) is 0. The average Bonchev–Trinajstić information content (AvgIpc) is 2.47. The van der Waals surface area contributed by atoms with E-state index in [0.717, 1.165) is 5.56 Å². The summed E-state index contributed by atoms with van der Waals surface area (Å²) in [5, 5.41) is 2.85. The van der Waals surface area contributed by atoms with Gasteiger partial charge in [-0.15, -0.1) is 0 Å². The predicted octanol–water partition coefficient (Wildman–Crippen LogP) is 2.58. The van der Waals surface area contributed by atoms with E-state index in [1.54, 1.807) is 24.3 Å². The summed E-state index contributed by atoms with van der Waals surface area (Å²) in [6.45, 7) is 2.83. The number of carbonyl (C=O) groups excluding carboxylic acids is 1. The normalized spacial score (nSPS) is 10.1. The summed E-state index contributed by atoms with van der Waals surface area (Å²) in [5.41, 5.74) is 7.80. The number of nitrogens with two attached hydrogens (primary N) is 1. The van der Waals surface area contributed by atoms with Crippen LogP contribution in [0.2, 0.25) is 0 Å². The zero-order valence-corrected chi connectivity index (χ0v) is 11.4. The highest BCUT2D eigenvalue weighted by Crippen LogP contribution is 2.24. The van der Waals surface area contributed by atoms with Gasteiger partial charge in [0.1, 0.15) is 12.4 Å². The first-order valence-corrected chi connectivity index (χ1v) is 6.50. The number of ether oxygens (including phenoxy) is 1. The van der Waals surface area contributed by atoms with Crippen LogP contribution in [-0.2, 0) is 0 Å². The van der Waals surface area contributed by atoms with Crippen molar-refractivity contribution in [3.8, 4) is 5.75 Å². The molecule has 3 N–H and O–H groups in total. The fraction of sp³-hybridized carbons (Fsp3) is 0.188. The van der Waals surface area contributed by atoms with Crippen molar-refractivity contribution in [1.29, 1.82) is 0 Å². The number of hydrogen-bond acceptors (Lipinski definition) is 3. The maximum absolute atomic E-state index is 12.2. The van der Waals surface area contributed by atoms with Crippen molar-refractivity contribution in [1.82, 2.24) is 0 Å². The average molecular weight is 270 g/mol. The van der Waals surface area contributed by atoms with E-state index < -0.39 is 0 Å². The lowest BCUT2D eigenvalue weighted by Crippen LogP contribution is -2.15. The van der Waals surface area contributed by atoms with E-state index >= 15 is 0 Å². The zero-order valence-electron chi connectivity index (χ0n) is 11.4. The molecule has 0 atom stereocenters. The lowest BCUT2D eigenvalue weighted by molar-refractivity contribution is 0.102. The minimum atomic E-state index is -0.159. The summed E-state index contributed by atoms with van der Waals surface area (Å²) in [4.78, 5) is 12.2. The topological polar surface area (TPSA) is 64.3 Å². The Morgan fingerprint density at radius 2 is 1.85 bits per heavy atom. The van der Waals surface area contributed by atoms with Crippen LogP contribution < -0.4 is 15.8 Å². The van der Waals surface area contributed by atoms with E-state index in [-0.39, 0.29) is 5.91 Å². The van der Waals surface area contributed by atoms with Crippen LogP contribution in [0.4, 0.5) is 5.69 Å². The SMILES string of the molecule is Cc1ccc(C(=O)Nc2ccccc2OCCN)cc1. The molecule has 0 bridgehead atoms. The van der Waals surface area contributed by atoms with Crippen LogP contribution in [0.15, 0.2) is 48.5 Å². The molecule has 2 rings (SSSR count). The Morgan fingerprint density at radius 3 is 2.55 bits per heavy atom. The van der Waals surface area contributed by atoms with Crippen molar-refractivity contribution in [2.75, 3.05) is 18.5 Å². The monoisotopic (exact) mass is 270 g/mol. The Kier molecular flexibility index (Phi) is 4.74. The number of carbonyl (C=O) groups is 1. The standard InChI is InChI=1S/C16H18N2O2/c1-12-6-8-13(9-7-12)16(19)18-14-4-2-3-5-15(14)20-11-10-17/h2-9H,10-11,17H2,1H3,(H,18,19). The third-order valence-corrected chi connectivity index (χ3v) is 2.82. The van der Waals surface area contributed by atoms with Crippen LogP contribution in [0.25, 0.3) is 0 Å². The number of hydrogen-bond donors (Lipinski definition) is 2. The molecular weight excluding hydrogens is 252 g/mol. The lowest BCUT2D eigenvalue weighted by Gasteiger charge is -2.12. The van der Waals surface area contributed by atoms with Crippen LogP contribution in [0.3, 0.4) is 0 Å². The Hall–Kier alpha value is -2.33. The van der Waals surface area contributed by atoms with Crippen LogP contribution in [0.1, 0.15) is 15.9 Å². The molecule has 1 amide bonds. The van der Waals surface area contributed by atoms with Crippen molar-refractivity contribution in [2.45, 2.75) is 6.92 Å². The molecule has 0 radical (unpaired) electrons. The smallest absolute Gasteiger partial charge is 0.255 e. The number of rotatable bonds is 5. The minimum Gasteiger partial charge on any atom is -0.490 e. The van der Waals surface area contributed by atoms with Crippen LogP contribution in [0, 0.1) is 6.92 Å². The number of para-hydroxylation sites is 2. The molecule has 0 heterocycles. The van der Waals surface area contributed by atoms with E-state index in [4.69, 9.17) is 10.5 Å². The van der Waals surface area contributed by atoms with Crippen molar-refractivity contribution < 1.29 is 9.53 Å². The second kappa shape index (κ2) is 6.73. The molecule has 4 nitrogen and oxygen atoms in total. The maximum Gasteiger partial charge on any atom is 0.255 e. The van der Waals surface area contributed by atoms with Gasteiger partial charge in [0.2, 0.25) is 0 Å². The molecule has 0 unspecified atom stereocenters. The van der Waals surface area contributed by atoms with E-state index in [2.05, 4.69) is 5.32 Å². The molecule has 0 aromatic heterocycles. The van der Waals surface area contributed by atoms with Gasteiger partial charge < -0.3 is 15.8 Å². The largest absolute Gasteiger partial charge is 0.490 e. The molecule has 0 aliphatic rings. The number of anilines is 1. The van der Waals surface area contributed by atoms with E-state index in [0.29, 0.717) is 30.2 Å². The summed E-state index contributed by atoms with van der Waals surface area (Å²) >= 11 is 0. The summed E-state index contributed by atoms with van der Waals surface area (Å²) < 4.78 is 5.50. The lowest BCUT2D eigenvalue weighted by atomic mass is 10.1. The van der Waals surface area contributed by atoms with Gasteiger partial charge in [0, 0.05) is 12.1 Å². The first-order valence-electron chi connectivity index (χ1n) is 6.50. The molecule has 0 saturated carbocycles. The first kappa shape index (κ1) is 14.1. The predicted molar refractivity (Wildman–Crippen MR) is 80.1 cm³/mol. The van der Waals surface area contributed by atoms with Gasteiger partial charge in [-0.2, -0.15) is 0 Å². The quantitative estimate of drug-likeness (QED) is 0.877. The Labute approximate surface area is 118 Å². The fourth-order valence-corrected chi connectivity index (χ4v) is 1.76. The van der Waals surface area contributed by atoms with Gasteiger partial charge in [-0.1, -0.05) is 29.8 Å². The molecule has 4 heteroatoms. The molecule has 20 heavy (non-hydrogen) atoms. The molecule has 104 valence electrons. The van der Waals surface area contributed by atoms with Crippen LogP contribution in [-0.4, -0.2) is 19.1 Å². The summed E-state index contributed by atoms with van der Waals surface area (Å²) in [7, 11) is 0. The van der Waals surface area contributed by atoms with E-state index in [1.165, 1.54) is 0 Å². The first-order chi connectivity index (χ1) is 9.70. The second-order valence-corrected chi connectivity index (χ2v) is 4.45. The third-order valence-electron chi connectivity index (χ3n) is 2.82. The van der Waals surface area contributed by atoms with Gasteiger partial charge in [0.15, 0.2) is 0 Å². The van der Waals surface area contributed by atoms with Gasteiger partial charge in [-0.25, -0.2) is 0 Å². The molecule has 0 aliphatic carbocycles. The van der Waals surface area contributed by atoms with Gasteiger partial charge >= 0.3 is 0 Å². The minimum absolute atomic E-state index is 0.159. The molecule has 2 aromatic rings. The maximum atomic E-state index is 12.2. The highest BCUT2D eigenvalue weighted by atomic mass is 16.5. The van der Waals surface area contributed by atoms with Crippen molar-refractivity contribution >= 4 is 11.6 Å². The van der Waals surface area contributed by atoms with E-state index in [1.807, 2.05) is 31.2 Å². The molecular formula is C16H18N2O2. The van der Waals surface area contributed by atoms with Gasteiger partial charge in [-0.05, 0) is 31.2 Å². The van der Waals surface area contributed by atoms with E-state index in [9.17, 15) is 4.79 Å². The number of aryl methyl sites for hydroxylation is 1. The summed E-state index contributed by atoms with van der Waals surface area (Å²) in [6, 6.07) is 14.7. The fourth-order valence-electron chi connectivity index (χ4n) is 1.76. The van der Waals surface area contributed by atoms with Crippen molar-refractivity contribution in [3.63, 3.8) is 0 Å². The Morgan fingerprint density at radius 1 is 1.15 bits per heavy atom. The van der Waals surface area contributed by atoms with Gasteiger partial charge in [0.05, 0.1) is 5.69 Å².